The van der Waals surface area contributed by atoms with Crippen molar-refractivity contribution in [3.63, 3.8) is 0 Å². The van der Waals surface area contributed by atoms with E-state index in [1.165, 1.54) is 0 Å². The zero-order valence-electron chi connectivity index (χ0n) is 11.2. The van der Waals surface area contributed by atoms with Gasteiger partial charge in [0.1, 0.15) is 13.2 Å². The van der Waals surface area contributed by atoms with Crippen molar-refractivity contribution in [1.29, 1.82) is 0 Å². The molecule has 0 aromatic carbocycles. The molecule has 1 aromatic rings. The number of nitrogens with one attached hydrogen (secondary N) is 1. The Morgan fingerprint density at radius 3 is 2.63 bits per heavy atom. The van der Waals surface area contributed by atoms with Crippen LogP contribution in [0.15, 0.2) is 6.20 Å². The Hall–Kier alpha value is -1.21. The predicted molar refractivity (Wildman–Crippen MR) is 64.6 cm³/mol. The molecule has 0 bridgehead atoms. The molecule has 0 saturated heterocycles. The Bertz CT molecular complexity index is 410. The fraction of sp³-hybridized carbons (Fsp3) is 0.667. The van der Waals surface area contributed by atoms with E-state index in [2.05, 4.69) is 20.0 Å². The van der Waals surface area contributed by atoms with Crippen LogP contribution in [0.25, 0.3) is 0 Å². The lowest BCUT2D eigenvalue weighted by Gasteiger charge is -2.15. The third kappa shape index (κ3) is 5.52. The van der Waals surface area contributed by atoms with Gasteiger partial charge in [-0.25, -0.2) is 9.97 Å². The van der Waals surface area contributed by atoms with Crippen molar-refractivity contribution >= 4 is 0 Å². The summed E-state index contributed by atoms with van der Waals surface area (Å²) in [5, 5.41) is 3.23. The molecule has 0 aliphatic heterocycles. The average molecular weight is 277 g/mol. The Kier molecular flexibility index (Phi) is 5.68. The van der Waals surface area contributed by atoms with Crippen LogP contribution in [0.2, 0.25) is 0 Å². The van der Waals surface area contributed by atoms with E-state index < -0.39 is 12.8 Å². The molecule has 0 aliphatic carbocycles. The molecule has 0 radical (unpaired) electrons. The maximum absolute atomic E-state index is 11.9. The van der Waals surface area contributed by atoms with Crippen molar-refractivity contribution in [2.24, 2.45) is 0 Å². The van der Waals surface area contributed by atoms with Crippen LogP contribution in [0.3, 0.4) is 0 Å². The Morgan fingerprint density at radius 2 is 2.11 bits per heavy atom. The van der Waals surface area contributed by atoms with Crippen molar-refractivity contribution in [2.45, 2.75) is 39.6 Å². The number of aryl methyl sites for hydroxylation is 1. The van der Waals surface area contributed by atoms with Crippen LogP contribution in [0.5, 0.6) is 0 Å². The second kappa shape index (κ2) is 6.81. The molecule has 19 heavy (non-hydrogen) atoms. The van der Waals surface area contributed by atoms with Crippen LogP contribution in [-0.2, 0) is 11.3 Å². The fourth-order valence-corrected chi connectivity index (χ4v) is 1.69. The summed E-state index contributed by atoms with van der Waals surface area (Å²) in [7, 11) is 0. The molecule has 108 valence electrons. The Morgan fingerprint density at radius 1 is 1.42 bits per heavy atom. The van der Waals surface area contributed by atoms with Gasteiger partial charge in [0.2, 0.25) is 0 Å². The SMILES string of the molecule is CCNC(C)c1cnc(COCC(F)(F)F)nc1C. The highest BCUT2D eigenvalue weighted by atomic mass is 19.4. The van der Waals surface area contributed by atoms with Crippen LogP contribution in [0.4, 0.5) is 13.2 Å². The van der Waals surface area contributed by atoms with Gasteiger partial charge in [-0.2, -0.15) is 13.2 Å². The van der Waals surface area contributed by atoms with Crippen LogP contribution < -0.4 is 5.32 Å². The molecular weight excluding hydrogens is 259 g/mol. The van der Waals surface area contributed by atoms with E-state index in [4.69, 9.17) is 0 Å². The lowest BCUT2D eigenvalue weighted by molar-refractivity contribution is -0.177. The van der Waals surface area contributed by atoms with Gasteiger partial charge in [0.05, 0.1) is 0 Å². The van der Waals surface area contributed by atoms with Gasteiger partial charge in [-0.3, -0.25) is 0 Å². The summed E-state index contributed by atoms with van der Waals surface area (Å²) in [6, 6.07) is 0.107. The molecule has 0 fully saturated rings. The van der Waals surface area contributed by atoms with Gasteiger partial charge in [0.25, 0.3) is 0 Å². The number of ether oxygens (including phenoxy) is 1. The first kappa shape index (κ1) is 15.8. The molecular formula is C12H18F3N3O. The lowest BCUT2D eigenvalue weighted by Crippen LogP contribution is -2.20. The zero-order valence-corrected chi connectivity index (χ0v) is 11.2. The smallest absolute Gasteiger partial charge is 0.364 e. The molecule has 1 heterocycles. The largest absolute Gasteiger partial charge is 0.411 e. The summed E-state index contributed by atoms with van der Waals surface area (Å²) in [6.45, 7) is 5.07. The Balaban J connectivity index is 2.61. The zero-order chi connectivity index (χ0) is 14.5. The molecule has 7 heteroatoms. The van der Waals surface area contributed by atoms with Gasteiger partial charge in [0, 0.05) is 23.5 Å². The van der Waals surface area contributed by atoms with Crippen molar-refractivity contribution in [1.82, 2.24) is 15.3 Å². The summed E-state index contributed by atoms with van der Waals surface area (Å²) in [5.41, 5.74) is 1.68. The van der Waals surface area contributed by atoms with Gasteiger partial charge < -0.3 is 10.1 Å². The van der Waals surface area contributed by atoms with E-state index in [1.54, 1.807) is 13.1 Å². The Labute approximate surface area is 110 Å². The fourth-order valence-electron chi connectivity index (χ4n) is 1.69. The number of nitrogens with zero attached hydrogens (tertiary/aromatic N) is 2. The molecule has 1 unspecified atom stereocenters. The summed E-state index contributed by atoms with van der Waals surface area (Å²) in [5.74, 6) is 0.259. The standard InChI is InChI=1S/C12H18F3N3O/c1-4-16-8(2)10-5-17-11(18-9(10)3)6-19-7-12(13,14)15/h5,8,16H,4,6-7H2,1-3H3. The quantitative estimate of drug-likeness (QED) is 0.868. The van der Waals surface area contributed by atoms with Crippen molar-refractivity contribution in [2.75, 3.05) is 13.2 Å². The van der Waals surface area contributed by atoms with Gasteiger partial charge in [0.15, 0.2) is 5.82 Å². The third-order valence-corrected chi connectivity index (χ3v) is 2.54. The molecule has 1 atom stereocenters. The average Bonchev–Trinajstić information content (AvgIpc) is 2.27. The molecule has 1 rings (SSSR count). The van der Waals surface area contributed by atoms with Gasteiger partial charge in [-0.1, -0.05) is 6.92 Å². The predicted octanol–water partition coefficient (Wildman–Crippen LogP) is 2.53. The van der Waals surface area contributed by atoms with Crippen molar-refractivity contribution in [3.8, 4) is 0 Å². The first-order valence-corrected chi connectivity index (χ1v) is 6.03. The first-order valence-electron chi connectivity index (χ1n) is 6.03. The normalized spacial score (nSPS) is 13.6. The highest BCUT2D eigenvalue weighted by Gasteiger charge is 2.27. The van der Waals surface area contributed by atoms with E-state index in [-0.39, 0.29) is 18.5 Å². The molecule has 0 saturated carbocycles. The number of hydrogen-bond acceptors (Lipinski definition) is 4. The maximum atomic E-state index is 11.9. The van der Waals surface area contributed by atoms with Crippen LogP contribution >= 0.6 is 0 Å². The number of alkyl halides is 3. The van der Waals surface area contributed by atoms with Gasteiger partial charge >= 0.3 is 6.18 Å². The topological polar surface area (TPSA) is 47.0 Å². The van der Waals surface area contributed by atoms with E-state index in [9.17, 15) is 13.2 Å². The number of rotatable bonds is 6. The van der Waals surface area contributed by atoms with Gasteiger partial charge in [-0.05, 0) is 20.4 Å². The van der Waals surface area contributed by atoms with Crippen molar-refractivity contribution < 1.29 is 17.9 Å². The lowest BCUT2D eigenvalue weighted by atomic mass is 10.1. The van der Waals surface area contributed by atoms with Crippen LogP contribution in [0, 0.1) is 6.92 Å². The number of aromatic nitrogens is 2. The first-order chi connectivity index (χ1) is 8.83. The molecule has 1 aromatic heterocycles. The molecule has 0 aliphatic rings. The molecule has 4 nitrogen and oxygen atoms in total. The summed E-state index contributed by atoms with van der Waals surface area (Å²) >= 11 is 0. The van der Waals surface area contributed by atoms with Crippen LogP contribution in [-0.4, -0.2) is 29.3 Å². The second-order valence-electron chi connectivity index (χ2n) is 4.21. The molecule has 0 amide bonds. The second-order valence-corrected chi connectivity index (χ2v) is 4.21. The van der Waals surface area contributed by atoms with E-state index in [0.29, 0.717) is 0 Å². The molecule has 0 spiro atoms. The minimum atomic E-state index is -4.32. The maximum Gasteiger partial charge on any atom is 0.411 e. The van der Waals surface area contributed by atoms with Crippen LogP contribution in [0.1, 0.15) is 37.0 Å². The highest BCUT2D eigenvalue weighted by Crippen LogP contribution is 2.16. The monoisotopic (exact) mass is 277 g/mol. The highest BCUT2D eigenvalue weighted by molar-refractivity contribution is 5.19. The summed E-state index contributed by atoms with van der Waals surface area (Å²) in [4.78, 5) is 8.17. The van der Waals surface area contributed by atoms with E-state index >= 15 is 0 Å². The summed E-state index contributed by atoms with van der Waals surface area (Å²) < 4.78 is 40.3. The van der Waals surface area contributed by atoms with E-state index in [1.807, 2.05) is 13.8 Å². The summed E-state index contributed by atoms with van der Waals surface area (Å²) in [6.07, 6.45) is -2.70. The van der Waals surface area contributed by atoms with Gasteiger partial charge in [-0.15, -0.1) is 0 Å². The third-order valence-electron chi connectivity index (χ3n) is 2.54. The number of halogens is 3. The van der Waals surface area contributed by atoms with Crippen molar-refractivity contribution in [3.05, 3.63) is 23.3 Å². The minimum absolute atomic E-state index is 0.107. The molecule has 1 N–H and O–H groups in total. The number of hydrogen-bond donors (Lipinski definition) is 1. The minimum Gasteiger partial charge on any atom is -0.364 e. The van der Waals surface area contributed by atoms with E-state index in [0.717, 1.165) is 17.8 Å².